The maximum absolute atomic E-state index is 12.6. The van der Waals surface area contributed by atoms with Crippen LogP contribution in [0.5, 0.6) is 0 Å². The molecule has 9 heteroatoms. The first-order chi connectivity index (χ1) is 9.36. The Morgan fingerprint density at radius 2 is 2.25 bits per heavy atom. The number of aliphatic hydroxyl groups is 1. The lowest BCUT2D eigenvalue weighted by Gasteiger charge is -2.22. The molecule has 2 rings (SSSR count). The number of nitrogens with two attached hydrogens (primary N) is 1. The molecule has 4 N–H and O–H groups in total. The van der Waals surface area contributed by atoms with Crippen LogP contribution in [0.25, 0.3) is 0 Å². The lowest BCUT2D eigenvalue weighted by atomic mass is 10.0. The third-order valence-corrected chi connectivity index (χ3v) is 2.79. The van der Waals surface area contributed by atoms with E-state index < -0.39 is 18.4 Å². The Bertz CT molecular complexity index is 559. The van der Waals surface area contributed by atoms with E-state index in [-0.39, 0.29) is 5.71 Å². The highest BCUT2D eigenvalue weighted by Gasteiger charge is 2.60. The van der Waals surface area contributed by atoms with Gasteiger partial charge in [-0.1, -0.05) is 23.4 Å². The van der Waals surface area contributed by atoms with E-state index in [1.54, 1.807) is 24.3 Å². The third-order valence-electron chi connectivity index (χ3n) is 2.79. The fraction of sp³-hybridized carbons (Fsp3) is 0.364. The zero-order valence-electron chi connectivity index (χ0n) is 10.2. The summed E-state index contributed by atoms with van der Waals surface area (Å²) in [6.45, 7) is 0.321. The summed E-state index contributed by atoms with van der Waals surface area (Å²) in [5.41, 5.74) is 1.21. The second kappa shape index (κ2) is 5.08. The molecule has 20 heavy (non-hydrogen) atoms. The van der Waals surface area contributed by atoms with Gasteiger partial charge in [0.2, 0.25) is 0 Å². The topological polar surface area (TPSA) is 94.2 Å². The average molecular weight is 289 g/mol. The minimum Gasteiger partial charge on any atom is -0.350 e. The normalized spacial score (nSPS) is 22.9. The maximum Gasteiger partial charge on any atom is 0.458 e. The van der Waals surface area contributed by atoms with Gasteiger partial charge in [0.25, 0.3) is 0 Å². The fourth-order valence-electron chi connectivity index (χ4n) is 1.73. The maximum atomic E-state index is 12.6. The van der Waals surface area contributed by atoms with Crippen LogP contribution in [0.1, 0.15) is 17.5 Å². The lowest BCUT2D eigenvalue weighted by Crippen LogP contribution is -2.64. The molecule has 0 amide bonds. The van der Waals surface area contributed by atoms with Gasteiger partial charge in [0.15, 0.2) is 0 Å². The van der Waals surface area contributed by atoms with Crippen LogP contribution in [0, 0.1) is 0 Å². The van der Waals surface area contributed by atoms with Crippen molar-refractivity contribution in [1.82, 2.24) is 0 Å². The molecule has 0 bridgehead atoms. The van der Waals surface area contributed by atoms with E-state index in [1.807, 2.05) is 0 Å². The molecular formula is C11H12F3N4O2+. The minimum atomic E-state index is -4.91. The van der Waals surface area contributed by atoms with Crippen molar-refractivity contribution in [2.24, 2.45) is 16.2 Å². The average Bonchev–Trinajstić information content (AvgIpc) is 2.80. The number of hydrogen-bond donors (Lipinski definition) is 3. The predicted octanol–water partition coefficient (Wildman–Crippen LogP) is -0.0316. The van der Waals surface area contributed by atoms with Crippen molar-refractivity contribution in [3.63, 3.8) is 0 Å². The molecule has 0 aromatic heterocycles. The molecule has 6 nitrogen and oxygen atoms in total. The monoisotopic (exact) mass is 289 g/mol. The number of hydrogen-bond acceptors (Lipinski definition) is 4. The van der Waals surface area contributed by atoms with Gasteiger partial charge in [-0.25, -0.2) is 0 Å². The Morgan fingerprint density at radius 1 is 1.50 bits per heavy atom. The molecule has 0 spiro atoms. The van der Waals surface area contributed by atoms with Crippen molar-refractivity contribution in [3.05, 3.63) is 35.4 Å². The lowest BCUT2D eigenvalue weighted by molar-refractivity contribution is -0.551. The Morgan fingerprint density at radius 3 is 2.85 bits per heavy atom. The fourth-order valence-corrected chi connectivity index (χ4v) is 1.73. The molecule has 1 heterocycles. The molecule has 1 atom stereocenters. The zero-order chi connectivity index (χ0) is 14.8. The molecule has 1 aromatic carbocycles. The Hall–Kier alpha value is -2.16. The van der Waals surface area contributed by atoms with E-state index in [1.165, 1.54) is 0 Å². The summed E-state index contributed by atoms with van der Waals surface area (Å²) in [6.07, 6.45) is -5.66. The smallest absolute Gasteiger partial charge is 0.350 e. The van der Waals surface area contributed by atoms with E-state index in [2.05, 4.69) is 20.3 Å². The molecular weight excluding hydrogens is 277 g/mol. The van der Waals surface area contributed by atoms with Gasteiger partial charge in [-0.15, -0.1) is 0 Å². The first kappa shape index (κ1) is 14.3. The number of rotatable bonds is 3. The van der Waals surface area contributed by atoms with E-state index in [4.69, 9.17) is 5.84 Å². The molecule has 0 fully saturated rings. The number of oxime groups is 1. The molecule has 108 valence electrons. The van der Waals surface area contributed by atoms with Crippen LogP contribution in [0.2, 0.25) is 0 Å². The molecule has 1 aliphatic rings. The largest absolute Gasteiger partial charge is 0.458 e. The van der Waals surface area contributed by atoms with E-state index >= 15 is 0 Å². The summed E-state index contributed by atoms with van der Waals surface area (Å²) in [6, 6.07) is 6.58. The molecule has 1 aliphatic heterocycles. The van der Waals surface area contributed by atoms with Crippen LogP contribution in [-0.4, -0.2) is 22.8 Å². The minimum absolute atomic E-state index is 0.0244. The number of alkyl halides is 3. The molecule has 0 aliphatic carbocycles. The van der Waals surface area contributed by atoms with Crippen molar-refractivity contribution in [2.45, 2.75) is 24.9 Å². The Labute approximate surface area is 111 Å². The highest BCUT2D eigenvalue weighted by Crippen LogP contribution is 2.38. The number of benzene rings is 1. The molecule has 1 aromatic rings. The van der Waals surface area contributed by atoms with Gasteiger partial charge >= 0.3 is 12.0 Å². The molecule has 1 unspecified atom stereocenters. The van der Waals surface area contributed by atoms with Gasteiger partial charge in [0.1, 0.15) is 6.54 Å². The van der Waals surface area contributed by atoms with Gasteiger partial charge in [-0.2, -0.15) is 24.1 Å². The van der Waals surface area contributed by atoms with Crippen LogP contribution >= 0.6 is 0 Å². The van der Waals surface area contributed by atoms with Crippen molar-refractivity contribution < 1.29 is 28.2 Å². The summed E-state index contributed by atoms with van der Waals surface area (Å²) in [5.74, 6) is 1.67. The van der Waals surface area contributed by atoms with Gasteiger partial charge < -0.3 is 9.94 Å². The van der Waals surface area contributed by atoms with E-state index in [0.717, 1.165) is 5.56 Å². The van der Waals surface area contributed by atoms with Crippen molar-refractivity contribution >= 4 is 5.71 Å². The Balaban J connectivity index is 2.18. The van der Waals surface area contributed by atoms with Gasteiger partial charge in [-0.3, -0.25) is 0 Å². The van der Waals surface area contributed by atoms with E-state index in [0.29, 0.717) is 12.1 Å². The standard InChI is InChI=1S/C11H11F3N4O2/c12-11(13,14)10(19)5-9(17-20-10)8-3-1-2-7(4-8)6-16-18-15/h1-4,19H,5-6H2,(H2,15,16)/p+1. The Kier molecular flexibility index (Phi) is 3.62. The number of nitrogens with zero attached hydrogens (tertiary/aromatic N) is 2. The summed E-state index contributed by atoms with van der Waals surface area (Å²) in [4.78, 5) is 4.16. The molecule has 0 saturated carbocycles. The predicted molar refractivity (Wildman–Crippen MR) is 61.0 cm³/mol. The summed E-state index contributed by atoms with van der Waals surface area (Å²) < 4.78 is 37.8. The van der Waals surface area contributed by atoms with Gasteiger partial charge in [0.05, 0.1) is 17.4 Å². The number of halogens is 3. The highest BCUT2D eigenvalue weighted by atomic mass is 19.4. The van der Waals surface area contributed by atoms with Gasteiger partial charge in [0, 0.05) is 0 Å². The number of nitrogens with one attached hydrogen (secondary N) is 1. The van der Waals surface area contributed by atoms with Crippen LogP contribution in [0.3, 0.4) is 0 Å². The van der Waals surface area contributed by atoms with Crippen molar-refractivity contribution in [2.75, 3.05) is 0 Å². The SMILES string of the molecule is NN=[NH+]Cc1cccc(C2=NOC(O)(C(F)(F)F)C2)c1. The first-order valence-electron chi connectivity index (χ1n) is 5.62. The van der Waals surface area contributed by atoms with Crippen LogP contribution < -0.4 is 11.0 Å². The van der Waals surface area contributed by atoms with Crippen LogP contribution in [-0.2, 0) is 11.4 Å². The summed E-state index contributed by atoms with van der Waals surface area (Å²) in [7, 11) is 0. The first-order valence-corrected chi connectivity index (χ1v) is 5.62. The van der Waals surface area contributed by atoms with Gasteiger partial charge in [-0.05, 0) is 17.2 Å². The molecule has 0 saturated heterocycles. The van der Waals surface area contributed by atoms with Crippen molar-refractivity contribution in [3.8, 4) is 0 Å². The second-order valence-corrected chi connectivity index (χ2v) is 4.25. The van der Waals surface area contributed by atoms with Crippen LogP contribution in [0.15, 0.2) is 34.6 Å². The molecule has 0 radical (unpaired) electrons. The second-order valence-electron chi connectivity index (χ2n) is 4.25. The van der Waals surface area contributed by atoms with Crippen LogP contribution in [0.4, 0.5) is 13.2 Å². The van der Waals surface area contributed by atoms with Crippen molar-refractivity contribution in [1.29, 1.82) is 0 Å². The summed E-state index contributed by atoms with van der Waals surface area (Å²) >= 11 is 0. The van der Waals surface area contributed by atoms with E-state index in [9.17, 15) is 18.3 Å². The zero-order valence-corrected chi connectivity index (χ0v) is 10.2. The summed E-state index contributed by atoms with van der Waals surface area (Å²) in [5, 5.41) is 18.4. The quantitative estimate of drug-likeness (QED) is 0.414. The third kappa shape index (κ3) is 2.72. The highest BCUT2D eigenvalue weighted by molar-refractivity contribution is 6.01.